The van der Waals surface area contributed by atoms with Crippen molar-refractivity contribution in [3.8, 4) is 5.75 Å². The van der Waals surface area contributed by atoms with Crippen LogP contribution in [0.4, 0.5) is 5.69 Å². The molecule has 0 amide bonds. The Labute approximate surface area is 183 Å². The highest BCUT2D eigenvalue weighted by atomic mass is 32.2. The van der Waals surface area contributed by atoms with Crippen molar-refractivity contribution in [3.63, 3.8) is 0 Å². The number of nitrogens with one attached hydrogen (secondary N) is 1. The third-order valence-electron chi connectivity index (χ3n) is 6.27. The minimum Gasteiger partial charge on any atom is -0.507 e. The smallest absolute Gasteiger partial charge is 0.343 e. The molecule has 7 nitrogen and oxygen atoms in total. The topological polar surface area (TPSA) is 99.8 Å². The predicted octanol–water partition coefficient (Wildman–Crippen LogP) is 3.76. The van der Waals surface area contributed by atoms with Gasteiger partial charge in [0.05, 0.1) is 11.3 Å². The number of fused-ring (bicyclic) bond motifs is 1. The molecule has 0 saturated heterocycles. The van der Waals surface area contributed by atoms with E-state index < -0.39 is 15.8 Å². The van der Waals surface area contributed by atoms with E-state index >= 15 is 0 Å². The van der Waals surface area contributed by atoms with Crippen LogP contribution in [0.3, 0.4) is 0 Å². The summed E-state index contributed by atoms with van der Waals surface area (Å²) in [5, 5.41) is 11.2. The molecule has 31 heavy (non-hydrogen) atoms. The van der Waals surface area contributed by atoms with E-state index in [0.717, 1.165) is 54.0 Å². The van der Waals surface area contributed by atoms with Gasteiger partial charge in [0.25, 0.3) is 0 Å². The van der Waals surface area contributed by atoms with E-state index in [4.69, 9.17) is 4.42 Å². The van der Waals surface area contributed by atoms with Crippen molar-refractivity contribution in [2.75, 3.05) is 18.8 Å². The summed E-state index contributed by atoms with van der Waals surface area (Å²) < 4.78 is 33.9. The fourth-order valence-corrected chi connectivity index (χ4v) is 5.04. The van der Waals surface area contributed by atoms with Gasteiger partial charge in [0.1, 0.15) is 11.5 Å². The predicted molar refractivity (Wildman–Crippen MR) is 120 cm³/mol. The van der Waals surface area contributed by atoms with Crippen LogP contribution in [-0.4, -0.2) is 31.9 Å². The maximum atomic E-state index is 13.0. The van der Waals surface area contributed by atoms with Crippen LogP contribution in [0.25, 0.3) is 0 Å². The maximum absolute atomic E-state index is 13.0. The van der Waals surface area contributed by atoms with Gasteiger partial charge in [0.2, 0.25) is 0 Å². The highest BCUT2D eigenvalue weighted by molar-refractivity contribution is 7.90. The average molecular weight is 447 g/mol. The van der Waals surface area contributed by atoms with Crippen LogP contribution >= 0.6 is 0 Å². The molecule has 2 N–H and O–H groups in total. The van der Waals surface area contributed by atoms with Crippen molar-refractivity contribution in [1.29, 1.82) is 0 Å². The number of hydrogen-bond acceptors (Lipinski definition) is 5. The van der Waals surface area contributed by atoms with Crippen molar-refractivity contribution >= 4 is 15.9 Å². The Hall–Kier alpha value is -2.32. The van der Waals surface area contributed by atoms with E-state index in [-0.39, 0.29) is 17.6 Å². The molecule has 2 aromatic rings. The second-order valence-electron chi connectivity index (χ2n) is 8.80. The third-order valence-corrected chi connectivity index (χ3v) is 7.73. The molecule has 168 valence electrons. The van der Waals surface area contributed by atoms with Gasteiger partial charge in [-0.1, -0.05) is 25.0 Å². The van der Waals surface area contributed by atoms with Crippen LogP contribution < -0.4 is 10.3 Å². The molecule has 0 radical (unpaired) electrons. The largest absolute Gasteiger partial charge is 0.507 e. The van der Waals surface area contributed by atoms with Gasteiger partial charge in [0.15, 0.2) is 0 Å². The lowest BCUT2D eigenvalue weighted by atomic mass is 9.85. The Morgan fingerprint density at radius 1 is 1.13 bits per heavy atom. The molecule has 1 fully saturated rings. The molecule has 1 saturated carbocycles. The molecule has 0 aliphatic heterocycles. The lowest BCUT2D eigenvalue weighted by Gasteiger charge is -2.22. The number of anilines is 1. The normalized spacial score (nSPS) is 18.2. The van der Waals surface area contributed by atoms with Gasteiger partial charge in [-0.05, 0) is 55.7 Å². The summed E-state index contributed by atoms with van der Waals surface area (Å²) in [4.78, 5) is 13.0. The molecule has 1 aromatic carbocycles. The molecule has 8 heteroatoms. The Kier molecular flexibility index (Phi) is 6.12. The van der Waals surface area contributed by atoms with Crippen molar-refractivity contribution in [2.45, 2.75) is 57.3 Å². The summed E-state index contributed by atoms with van der Waals surface area (Å²) in [6.45, 7) is 0. The number of aryl methyl sites for hydroxylation is 1. The zero-order valence-corrected chi connectivity index (χ0v) is 18.9. The van der Waals surface area contributed by atoms with Crippen LogP contribution in [-0.2, 0) is 23.1 Å². The Balaban J connectivity index is 1.77. The van der Waals surface area contributed by atoms with E-state index in [0.29, 0.717) is 29.9 Å². The van der Waals surface area contributed by atoms with Gasteiger partial charge in [-0.15, -0.1) is 0 Å². The summed E-state index contributed by atoms with van der Waals surface area (Å²) in [5.41, 5.74) is 1.83. The van der Waals surface area contributed by atoms with E-state index in [2.05, 4.69) is 4.72 Å². The molecule has 2 aliphatic carbocycles. The van der Waals surface area contributed by atoms with Crippen molar-refractivity contribution in [3.05, 3.63) is 57.1 Å². The number of rotatable bonds is 6. The van der Waals surface area contributed by atoms with Crippen molar-refractivity contribution in [1.82, 2.24) is 4.31 Å². The van der Waals surface area contributed by atoms with E-state index in [9.17, 15) is 18.3 Å². The second kappa shape index (κ2) is 8.67. The summed E-state index contributed by atoms with van der Waals surface area (Å²) >= 11 is 0. The summed E-state index contributed by atoms with van der Waals surface area (Å²) in [7, 11) is -0.728. The van der Waals surface area contributed by atoms with Gasteiger partial charge in [-0.3, -0.25) is 4.72 Å². The summed E-state index contributed by atoms with van der Waals surface area (Å²) in [6, 6.07) is 7.08. The SMILES string of the molecule is CN(C)S(=O)(=O)Nc1cccc(C(c2c(O)c3c(oc2=O)CCCCCC3)C2CC2)c1. The van der Waals surface area contributed by atoms with E-state index in [1.165, 1.54) is 14.1 Å². The lowest BCUT2D eigenvalue weighted by Crippen LogP contribution is -2.29. The Morgan fingerprint density at radius 3 is 2.52 bits per heavy atom. The molecule has 1 heterocycles. The molecular formula is C23H30N2O5S. The quantitative estimate of drug-likeness (QED) is 0.704. The third kappa shape index (κ3) is 4.65. The van der Waals surface area contributed by atoms with Gasteiger partial charge in [-0.2, -0.15) is 12.7 Å². The molecule has 2 aliphatic rings. The average Bonchev–Trinajstić information content (AvgIpc) is 3.51. The van der Waals surface area contributed by atoms with Crippen molar-refractivity contribution < 1.29 is 17.9 Å². The first-order valence-corrected chi connectivity index (χ1v) is 12.4. The van der Waals surface area contributed by atoms with Crippen LogP contribution in [0.2, 0.25) is 0 Å². The Morgan fingerprint density at radius 2 is 1.84 bits per heavy atom. The van der Waals surface area contributed by atoms with Gasteiger partial charge in [-0.25, -0.2) is 4.79 Å². The lowest BCUT2D eigenvalue weighted by molar-refractivity contribution is 0.382. The fourth-order valence-electron chi connectivity index (χ4n) is 4.43. The zero-order chi connectivity index (χ0) is 22.2. The molecule has 0 spiro atoms. The summed E-state index contributed by atoms with van der Waals surface area (Å²) in [6.07, 6.45) is 7.41. The molecule has 4 rings (SSSR count). The highest BCUT2D eigenvalue weighted by Gasteiger charge is 2.38. The summed E-state index contributed by atoms with van der Waals surface area (Å²) in [5.74, 6) is 0.592. The van der Waals surface area contributed by atoms with E-state index in [1.54, 1.807) is 18.2 Å². The molecule has 0 bridgehead atoms. The highest BCUT2D eigenvalue weighted by Crippen LogP contribution is 2.49. The number of benzene rings is 1. The van der Waals surface area contributed by atoms with Crippen molar-refractivity contribution in [2.24, 2.45) is 5.92 Å². The van der Waals surface area contributed by atoms with Crippen LogP contribution in [0.1, 0.15) is 66.9 Å². The minimum absolute atomic E-state index is 0.0734. The monoisotopic (exact) mass is 446 g/mol. The first kappa shape index (κ1) is 21.9. The Bertz CT molecular complexity index is 1120. The maximum Gasteiger partial charge on any atom is 0.343 e. The van der Waals surface area contributed by atoms with Gasteiger partial charge < -0.3 is 9.52 Å². The molecule has 1 atom stereocenters. The minimum atomic E-state index is -3.65. The molecule has 1 aromatic heterocycles. The molecular weight excluding hydrogens is 416 g/mol. The molecule has 1 unspecified atom stereocenters. The van der Waals surface area contributed by atoms with E-state index in [1.807, 2.05) is 6.07 Å². The van der Waals surface area contributed by atoms with Crippen LogP contribution in [0.5, 0.6) is 5.75 Å². The first-order chi connectivity index (χ1) is 14.8. The first-order valence-electron chi connectivity index (χ1n) is 11.0. The standard InChI is InChI=1S/C23H30N2O5S/c1-25(2)31(28,29)24-17-9-7-8-16(14-17)20(15-12-13-15)21-22(26)18-10-5-3-4-6-11-19(18)30-23(21)27/h7-9,14-15,20,24,26H,3-6,10-13H2,1-2H3. The fraction of sp³-hybridized carbons (Fsp3) is 0.522. The van der Waals surface area contributed by atoms with Gasteiger partial charge in [0, 0.05) is 32.0 Å². The number of hydrogen-bond donors (Lipinski definition) is 2. The van der Waals surface area contributed by atoms with Gasteiger partial charge >= 0.3 is 15.8 Å². The zero-order valence-electron chi connectivity index (χ0n) is 18.1. The second-order valence-corrected chi connectivity index (χ2v) is 10.7. The van der Waals surface area contributed by atoms with Crippen LogP contribution in [0.15, 0.2) is 33.5 Å². The van der Waals surface area contributed by atoms with Crippen LogP contribution in [0, 0.1) is 5.92 Å². The number of aromatic hydroxyl groups is 1. The number of nitrogens with zero attached hydrogens (tertiary/aromatic N) is 1.